The normalized spacial score (nSPS) is 11.1. The summed E-state index contributed by atoms with van der Waals surface area (Å²) >= 11 is 12.7. The fraction of sp³-hybridized carbons (Fsp3) is 0.300. The summed E-state index contributed by atoms with van der Waals surface area (Å²) in [5, 5.41) is 2.23. The number of methoxy groups -OCH3 is 2. The molecule has 0 saturated carbocycles. The standard InChI is InChI=1S/C20H22Cl2N2O2/c1-25-13-6-7-18(26-2)15(11-13)20-14(5-3-4-8-23)19-16(22)9-12(21)10-17(19)24-20/h6-7,9-11,24H,3-5,8,23H2,1-2H3. The van der Waals surface area contributed by atoms with Crippen molar-refractivity contribution in [2.75, 3.05) is 20.8 Å². The maximum atomic E-state index is 6.53. The van der Waals surface area contributed by atoms with Gasteiger partial charge in [0.1, 0.15) is 11.5 Å². The lowest BCUT2D eigenvalue weighted by atomic mass is 9.99. The molecule has 0 aliphatic carbocycles. The average Bonchev–Trinajstić information content (AvgIpc) is 2.99. The largest absolute Gasteiger partial charge is 0.497 e. The van der Waals surface area contributed by atoms with Gasteiger partial charge >= 0.3 is 0 Å². The van der Waals surface area contributed by atoms with E-state index >= 15 is 0 Å². The van der Waals surface area contributed by atoms with E-state index in [1.54, 1.807) is 20.3 Å². The van der Waals surface area contributed by atoms with Crippen molar-refractivity contribution in [2.45, 2.75) is 19.3 Å². The smallest absolute Gasteiger partial charge is 0.128 e. The van der Waals surface area contributed by atoms with E-state index in [0.717, 1.165) is 58.5 Å². The van der Waals surface area contributed by atoms with E-state index in [-0.39, 0.29) is 0 Å². The molecule has 0 amide bonds. The van der Waals surface area contributed by atoms with E-state index in [4.69, 9.17) is 38.4 Å². The van der Waals surface area contributed by atoms with Crippen LogP contribution >= 0.6 is 23.2 Å². The Bertz CT molecular complexity index is 922. The van der Waals surface area contributed by atoms with Crippen molar-refractivity contribution < 1.29 is 9.47 Å². The number of fused-ring (bicyclic) bond motifs is 1. The molecule has 3 N–H and O–H groups in total. The Morgan fingerprint density at radius 2 is 1.85 bits per heavy atom. The van der Waals surface area contributed by atoms with Crippen LogP contribution in [-0.2, 0) is 6.42 Å². The quantitative estimate of drug-likeness (QED) is 0.526. The highest BCUT2D eigenvalue weighted by atomic mass is 35.5. The number of hydrogen-bond donors (Lipinski definition) is 2. The van der Waals surface area contributed by atoms with Crippen LogP contribution in [0.4, 0.5) is 0 Å². The SMILES string of the molecule is COc1ccc(OC)c(-c2[nH]c3cc(Cl)cc(Cl)c3c2CCCCN)c1. The van der Waals surface area contributed by atoms with Crippen molar-refractivity contribution in [1.82, 2.24) is 4.98 Å². The molecule has 26 heavy (non-hydrogen) atoms. The predicted octanol–water partition coefficient (Wildman–Crippen LogP) is 5.44. The summed E-state index contributed by atoms with van der Waals surface area (Å²) in [6.07, 6.45) is 2.78. The first kappa shape index (κ1) is 18.9. The van der Waals surface area contributed by atoms with Gasteiger partial charge in [-0.15, -0.1) is 0 Å². The highest BCUT2D eigenvalue weighted by Gasteiger charge is 2.19. The van der Waals surface area contributed by atoms with Crippen LogP contribution in [0.5, 0.6) is 11.5 Å². The predicted molar refractivity (Wildman–Crippen MR) is 109 cm³/mol. The Morgan fingerprint density at radius 3 is 2.54 bits per heavy atom. The molecule has 0 spiro atoms. The molecule has 138 valence electrons. The van der Waals surface area contributed by atoms with Crippen molar-refractivity contribution >= 4 is 34.1 Å². The minimum absolute atomic E-state index is 0.599. The van der Waals surface area contributed by atoms with E-state index < -0.39 is 0 Å². The Hall–Kier alpha value is -1.88. The Labute approximate surface area is 163 Å². The van der Waals surface area contributed by atoms with Crippen LogP contribution in [0.2, 0.25) is 10.0 Å². The maximum Gasteiger partial charge on any atom is 0.128 e. The molecule has 0 aliphatic heterocycles. The molecule has 0 fully saturated rings. The molecule has 1 aromatic heterocycles. The number of unbranched alkanes of at least 4 members (excludes halogenated alkanes) is 1. The average molecular weight is 393 g/mol. The monoisotopic (exact) mass is 392 g/mol. The lowest BCUT2D eigenvalue weighted by Gasteiger charge is -2.12. The van der Waals surface area contributed by atoms with E-state index in [9.17, 15) is 0 Å². The van der Waals surface area contributed by atoms with E-state index in [1.807, 2.05) is 24.3 Å². The molecule has 3 aromatic rings. The van der Waals surface area contributed by atoms with Crippen LogP contribution in [0.1, 0.15) is 18.4 Å². The van der Waals surface area contributed by atoms with Gasteiger partial charge in [0, 0.05) is 21.5 Å². The number of H-pyrrole nitrogens is 1. The van der Waals surface area contributed by atoms with Crippen LogP contribution in [0.15, 0.2) is 30.3 Å². The molecule has 0 bridgehead atoms. The van der Waals surface area contributed by atoms with Gasteiger partial charge in [-0.1, -0.05) is 23.2 Å². The zero-order valence-electron chi connectivity index (χ0n) is 14.9. The van der Waals surface area contributed by atoms with Crippen molar-refractivity contribution in [3.63, 3.8) is 0 Å². The topological polar surface area (TPSA) is 60.3 Å². The highest BCUT2D eigenvalue weighted by molar-refractivity contribution is 6.39. The maximum absolute atomic E-state index is 6.53. The molecule has 4 nitrogen and oxygen atoms in total. The molecule has 3 rings (SSSR count). The summed E-state index contributed by atoms with van der Waals surface area (Å²) in [6, 6.07) is 9.41. The van der Waals surface area contributed by atoms with Gasteiger partial charge < -0.3 is 20.2 Å². The molecule has 0 saturated heterocycles. The number of ether oxygens (including phenoxy) is 2. The Morgan fingerprint density at radius 1 is 1.04 bits per heavy atom. The zero-order valence-corrected chi connectivity index (χ0v) is 16.4. The molecular weight excluding hydrogens is 371 g/mol. The summed E-state index contributed by atoms with van der Waals surface area (Å²) < 4.78 is 11.0. The molecule has 6 heteroatoms. The van der Waals surface area contributed by atoms with E-state index in [0.29, 0.717) is 16.6 Å². The van der Waals surface area contributed by atoms with Crippen molar-refractivity contribution in [1.29, 1.82) is 0 Å². The molecule has 0 radical (unpaired) electrons. The van der Waals surface area contributed by atoms with Gasteiger partial charge in [0.05, 0.1) is 24.9 Å². The summed E-state index contributed by atoms with van der Waals surface area (Å²) in [4.78, 5) is 3.48. The second-order valence-electron chi connectivity index (χ2n) is 6.10. The second-order valence-corrected chi connectivity index (χ2v) is 6.94. The molecule has 0 unspecified atom stereocenters. The first-order chi connectivity index (χ1) is 12.6. The number of rotatable bonds is 7. The number of aromatic amines is 1. The van der Waals surface area contributed by atoms with E-state index in [1.165, 1.54) is 0 Å². The summed E-state index contributed by atoms with van der Waals surface area (Å²) in [7, 11) is 3.31. The minimum Gasteiger partial charge on any atom is -0.497 e. The third kappa shape index (κ3) is 3.63. The number of aryl methyl sites for hydroxylation is 1. The van der Waals surface area contributed by atoms with Gasteiger partial charge in [0.15, 0.2) is 0 Å². The van der Waals surface area contributed by atoms with Gasteiger partial charge in [0.2, 0.25) is 0 Å². The third-order valence-corrected chi connectivity index (χ3v) is 4.99. The number of nitrogens with one attached hydrogen (secondary N) is 1. The van der Waals surface area contributed by atoms with Gasteiger partial charge in [-0.2, -0.15) is 0 Å². The molecule has 0 aliphatic rings. The van der Waals surface area contributed by atoms with Gasteiger partial charge in [-0.05, 0) is 61.7 Å². The molecule has 0 atom stereocenters. The molecule has 2 aromatic carbocycles. The van der Waals surface area contributed by atoms with Crippen LogP contribution in [0, 0.1) is 0 Å². The van der Waals surface area contributed by atoms with Crippen LogP contribution in [0.25, 0.3) is 22.2 Å². The fourth-order valence-electron chi connectivity index (χ4n) is 3.25. The number of hydrogen-bond acceptors (Lipinski definition) is 3. The lowest BCUT2D eigenvalue weighted by molar-refractivity contribution is 0.404. The first-order valence-electron chi connectivity index (χ1n) is 8.51. The fourth-order valence-corrected chi connectivity index (χ4v) is 3.86. The number of nitrogens with two attached hydrogens (primary N) is 1. The first-order valence-corrected chi connectivity index (χ1v) is 9.26. The Balaban J connectivity index is 2.24. The van der Waals surface area contributed by atoms with Crippen molar-refractivity contribution in [3.8, 4) is 22.8 Å². The summed E-state index contributed by atoms with van der Waals surface area (Å²) in [5.74, 6) is 1.52. The van der Waals surface area contributed by atoms with Crippen molar-refractivity contribution in [2.24, 2.45) is 5.73 Å². The number of halogens is 2. The summed E-state index contributed by atoms with van der Waals surface area (Å²) in [5.41, 5.74) is 9.62. The van der Waals surface area contributed by atoms with Gasteiger partial charge in [-0.3, -0.25) is 0 Å². The highest BCUT2D eigenvalue weighted by Crippen LogP contribution is 2.41. The van der Waals surface area contributed by atoms with Crippen molar-refractivity contribution in [3.05, 3.63) is 45.9 Å². The van der Waals surface area contributed by atoms with Gasteiger partial charge in [0.25, 0.3) is 0 Å². The second kappa shape index (κ2) is 8.21. The lowest BCUT2D eigenvalue weighted by Crippen LogP contribution is -1.99. The molecule has 1 heterocycles. The summed E-state index contributed by atoms with van der Waals surface area (Å²) in [6.45, 7) is 0.666. The molecular formula is C20H22Cl2N2O2. The van der Waals surface area contributed by atoms with Gasteiger partial charge in [-0.25, -0.2) is 0 Å². The van der Waals surface area contributed by atoms with Crippen LogP contribution in [-0.4, -0.2) is 25.7 Å². The number of aromatic nitrogens is 1. The minimum atomic E-state index is 0.599. The third-order valence-electron chi connectivity index (χ3n) is 4.48. The zero-order chi connectivity index (χ0) is 18.7. The van der Waals surface area contributed by atoms with Crippen LogP contribution in [0.3, 0.4) is 0 Å². The Kier molecular flexibility index (Phi) is 5.97. The van der Waals surface area contributed by atoms with Crippen LogP contribution < -0.4 is 15.2 Å². The van der Waals surface area contributed by atoms with E-state index in [2.05, 4.69) is 4.98 Å². The number of benzene rings is 2.